The monoisotopic (exact) mass is 305 g/mol. The molecule has 0 saturated heterocycles. The topological polar surface area (TPSA) is 69.5 Å². The van der Waals surface area contributed by atoms with E-state index < -0.39 is 0 Å². The first-order valence-electron chi connectivity index (χ1n) is 7.59. The van der Waals surface area contributed by atoms with Gasteiger partial charge in [-0.25, -0.2) is 4.98 Å². The molecule has 0 bridgehead atoms. The second-order valence-electron chi connectivity index (χ2n) is 6.77. The Labute approximate surface area is 130 Å². The van der Waals surface area contributed by atoms with Crippen molar-refractivity contribution in [1.29, 1.82) is 5.26 Å². The first kappa shape index (κ1) is 16.1. The largest absolute Gasteiger partial charge is 0.309 e. The Kier molecular flexibility index (Phi) is 5.10. The van der Waals surface area contributed by atoms with Crippen LogP contribution in [0.1, 0.15) is 64.3 Å². The second kappa shape index (κ2) is 6.65. The third kappa shape index (κ3) is 4.10. The van der Waals surface area contributed by atoms with Gasteiger partial charge in [-0.2, -0.15) is 5.26 Å². The predicted octanol–water partition coefficient (Wildman–Crippen LogP) is 3.61. The van der Waals surface area contributed by atoms with E-state index in [9.17, 15) is 10.1 Å². The molecule has 1 saturated carbocycles. The summed E-state index contributed by atoms with van der Waals surface area (Å²) in [5.41, 5.74) is -0.389. The van der Waals surface area contributed by atoms with E-state index in [1.165, 1.54) is 32.1 Å². The Balaban J connectivity index is 2.22. The average Bonchev–Trinajstić information content (AvgIpc) is 2.44. The molecule has 0 amide bonds. The van der Waals surface area contributed by atoms with Crippen molar-refractivity contribution in [3.05, 3.63) is 21.7 Å². The first-order chi connectivity index (χ1) is 9.91. The number of nitrogens with one attached hydrogen (secondary N) is 1. The molecule has 0 aromatic carbocycles. The highest BCUT2D eigenvalue weighted by molar-refractivity contribution is 7.99. The van der Waals surface area contributed by atoms with Gasteiger partial charge in [-0.1, -0.05) is 40.0 Å². The van der Waals surface area contributed by atoms with Gasteiger partial charge in [0.05, 0.1) is 0 Å². The Morgan fingerprint density at radius 3 is 2.57 bits per heavy atom. The Bertz CT molecular complexity index is 589. The van der Waals surface area contributed by atoms with E-state index in [-0.39, 0.29) is 16.5 Å². The standard InChI is InChI=1S/C16H23N3OS/c1-16(2,3)15-18-13(20)12(9-17)14(19-15)21-10-11-7-5-4-6-8-11/h11H,4-8,10H2,1-3H3,(H,18,19,20). The fraction of sp³-hybridized carbons (Fsp3) is 0.688. The lowest BCUT2D eigenvalue weighted by Gasteiger charge is -2.21. The minimum atomic E-state index is -0.316. The molecule has 1 aliphatic carbocycles. The minimum absolute atomic E-state index is 0.156. The van der Waals surface area contributed by atoms with Crippen LogP contribution in [0.5, 0.6) is 0 Å². The molecule has 1 aromatic rings. The molecule has 0 spiro atoms. The summed E-state index contributed by atoms with van der Waals surface area (Å²) >= 11 is 1.57. The van der Waals surface area contributed by atoms with Crippen molar-refractivity contribution in [2.75, 3.05) is 5.75 Å². The highest BCUT2D eigenvalue weighted by Gasteiger charge is 2.22. The van der Waals surface area contributed by atoms with Crippen LogP contribution >= 0.6 is 11.8 Å². The van der Waals surface area contributed by atoms with Crippen LogP contribution in [0.15, 0.2) is 9.82 Å². The lowest BCUT2D eigenvalue weighted by molar-refractivity contribution is 0.391. The minimum Gasteiger partial charge on any atom is -0.309 e. The van der Waals surface area contributed by atoms with Crippen LogP contribution in [0, 0.1) is 17.2 Å². The summed E-state index contributed by atoms with van der Waals surface area (Å²) in [6.07, 6.45) is 6.44. The number of aromatic amines is 1. The zero-order chi connectivity index (χ0) is 15.5. The lowest BCUT2D eigenvalue weighted by Crippen LogP contribution is -2.24. The molecule has 0 atom stereocenters. The number of nitrogens with zero attached hydrogens (tertiary/aromatic N) is 2. The SMILES string of the molecule is CC(C)(C)c1nc(SCC2CCCCC2)c(C#N)c(=O)[nH]1. The van der Waals surface area contributed by atoms with Gasteiger partial charge < -0.3 is 4.98 Å². The normalized spacial score (nSPS) is 16.7. The maximum atomic E-state index is 12.1. The van der Waals surface area contributed by atoms with Crippen LogP contribution in [0.25, 0.3) is 0 Å². The van der Waals surface area contributed by atoms with E-state index in [1.807, 2.05) is 26.8 Å². The van der Waals surface area contributed by atoms with Gasteiger partial charge in [-0.15, -0.1) is 11.8 Å². The van der Waals surface area contributed by atoms with Crippen molar-refractivity contribution >= 4 is 11.8 Å². The number of hydrogen-bond donors (Lipinski definition) is 1. The van der Waals surface area contributed by atoms with Crippen molar-refractivity contribution in [2.24, 2.45) is 5.92 Å². The average molecular weight is 305 g/mol. The summed E-state index contributed by atoms with van der Waals surface area (Å²) in [6, 6.07) is 2.00. The van der Waals surface area contributed by atoms with Crippen LogP contribution in [0.3, 0.4) is 0 Å². The molecule has 0 unspecified atom stereocenters. The van der Waals surface area contributed by atoms with E-state index in [2.05, 4.69) is 9.97 Å². The zero-order valence-electron chi connectivity index (χ0n) is 13.0. The summed E-state index contributed by atoms with van der Waals surface area (Å²) in [5.74, 6) is 2.29. The Hall–Kier alpha value is -1.28. The molecular weight excluding hydrogens is 282 g/mol. The smallest absolute Gasteiger partial charge is 0.270 e. The van der Waals surface area contributed by atoms with Gasteiger partial charge in [0.15, 0.2) is 0 Å². The summed E-state index contributed by atoms with van der Waals surface area (Å²) in [7, 11) is 0. The van der Waals surface area contributed by atoms with E-state index in [4.69, 9.17) is 0 Å². The van der Waals surface area contributed by atoms with Crippen molar-refractivity contribution in [1.82, 2.24) is 9.97 Å². The van der Waals surface area contributed by atoms with E-state index in [0.29, 0.717) is 16.8 Å². The van der Waals surface area contributed by atoms with Crippen molar-refractivity contribution in [3.63, 3.8) is 0 Å². The molecule has 1 N–H and O–H groups in total. The van der Waals surface area contributed by atoms with Gasteiger partial charge in [0, 0.05) is 11.2 Å². The number of rotatable bonds is 3. The molecular formula is C16H23N3OS. The second-order valence-corrected chi connectivity index (χ2v) is 7.78. The van der Waals surface area contributed by atoms with Crippen LogP contribution in [-0.2, 0) is 5.41 Å². The maximum Gasteiger partial charge on any atom is 0.270 e. The maximum absolute atomic E-state index is 12.1. The number of thioether (sulfide) groups is 1. The van der Waals surface area contributed by atoms with Crippen LogP contribution in [0.4, 0.5) is 0 Å². The molecule has 2 rings (SSSR count). The Morgan fingerprint density at radius 1 is 1.33 bits per heavy atom. The molecule has 0 radical (unpaired) electrons. The molecule has 21 heavy (non-hydrogen) atoms. The van der Waals surface area contributed by atoms with Gasteiger partial charge in [-0.05, 0) is 18.8 Å². The fourth-order valence-electron chi connectivity index (χ4n) is 2.56. The summed E-state index contributed by atoms with van der Waals surface area (Å²) in [6.45, 7) is 6.02. The van der Waals surface area contributed by atoms with Gasteiger partial charge >= 0.3 is 0 Å². The van der Waals surface area contributed by atoms with Crippen LogP contribution in [0.2, 0.25) is 0 Å². The van der Waals surface area contributed by atoms with Crippen molar-refractivity contribution in [3.8, 4) is 6.07 Å². The van der Waals surface area contributed by atoms with Crippen molar-refractivity contribution in [2.45, 2.75) is 63.3 Å². The van der Waals surface area contributed by atoms with Crippen LogP contribution in [-0.4, -0.2) is 15.7 Å². The highest BCUT2D eigenvalue weighted by Crippen LogP contribution is 2.30. The van der Waals surface area contributed by atoms with Gasteiger partial charge in [0.25, 0.3) is 5.56 Å². The number of aromatic nitrogens is 2. The number of H-pyrrole nitrogens is 1. The van der Waals surface area contributed by atoms with Gasteiger partial charge in [-0.3, -0.25) is 4.79 Å². The van der Waals surface area contributed by atoms with E-state index in [1.54, 1.807) is 11.8 Å². The molecule has 1 fully saturated rings. The highest BCUT2D eigenvalue weighted by atomic mass is 32.2. The summed E-state index contributed by atoms with van der Waals surface area (Å²) in [5, 5.41) is 9.80. The van der Waals surface area contributed by atoms with Crippen molar-refractivity contribution < 1.29 is 0 Å². The number of hydrogen-bond acceptors (Lipinski definition) is 4. The lowest BCUT2D eigenvalue weighted by atomic mass is 9.91. The molecule has 4 nitrogen and oxygen atoms in total. The van der Waals surface area contributed by atoms with E-state index >= 15 is 0 Å². The molecule has 5 heteroatoms. The quantitative estimate of drug-likeness (QED) is 0.684. The van der Waals surface area contributed by atoms with Gasteiger partial charge in [0.2, 0.25) is 0 Å². The van der Waals surface area contributed by atoms with Gasteiger partial charge in [0.1, 0.15) is 22.5 Å². The molecule has 114 valence electrons. The summed E-state index contributed by atoms with van der Waals surface area (Å²) in [4.78, 5) is 19.3. The molecule has 1 aromatic heterocycles. The fourth-order valence-corrected chi connectivity index (χ4v) is 3.73. The molecule has 1 aliphatic rings. The zero-order valence-corrected chi connectivity index (χ0v) is 13.8. The Morgan fingerprint density at radius 2 is 2.00 bits per heavy atom. The molecule has 1 heterocycles. The molecule has 0 aliphatic heterocycles. The van der Waals surface area contributed by atoms with E-state index in [0.717, 1.165) is 5.75 Å². The van der Waals surface area contributed by atoms with Crippen LogP contribution < -0.4 is 5.56 Å². The predicted molar refractivity (Wildman–Crippen MR) is 85.6 cm³/mol. The first-order valence-corrected chi connectivity index (χ1v) is 8.58. The summed E-state index contributed by atoms with van der Waals surface area (Å²) < 4.78 is 0. The third-order valence-corrected chi connectivity index (χ3v) is 5.10. The third-order valence-electron chi connectivity index (χ3n) is 3.89. The number of nitriles is 1.